The number of benzene rings is 3. The second kappa shape index (κ2) is 9.54. The van der Waals surface area contributed by atoms with Crippen LogP contribution in [-0.2, 0) is 11.9 Å². The minimum atomic E-state index is -4.52. The molecule has 0 radical (unpaired) electrons. The lowest BCUT2D eigenvalue weighted by atomic mass is 10.1. The van der Waals surface area contributed by atoms with E-state index < -0.39 is 17.3 Å². The van der Waals surface area contributed by atoms with Crippen molar-refractivity contribution in [1.82, 2.24) is 19.2 Å². The summed E-state index contributed by atoms with van der Waals surface area (Å²) in [6.45, 7) is 1.34. The molecule has 0 aliphatic carbocycles. The third-order valence-electron chi connectivity index (χ3n) is 5.61. The molecule has 0 N–H and O–H groups in total. The average molecular weight is 509 g/mol. The maximum atomic E-state index is 13.4. The van der Waals surface area contributed by atoms with Crippen molar-refractivity contribution in [3.05, 3.63) is 112 Å². The van der Waals surface area contributed by atoms with E-state index in [1.807, 2.05) is 54.6 Å². The highest BCUT2D eigenvalue weighted by Gasteiger charge is 2.33. The van der Waals surface area contributed by atoms with Crippen LogP contribution in [0.5, 0.6) is 11.5 Å². The van der Waals surface area contributed by atoms with Gasteiger partial charge in [-0.15, -0.1) is 10.2 Å². The van der Waals surface area contributed by atoms with Crippen LogP contribution in [0.4, 0.5) is 13.2 Å². The Kier molecular flexibility index (Phi) is 6.27. The maximum Gasteiger partial charge on any atom is 0.416 e. The molecule has 0 amide bonds. The van der Waals surface area contributed by atoms with Gasteiger partial charge in [0.2, 0.25) is 5.65 Å². The van der Waals surface area contributed by atoms with E-state index in [1.54, 1.807) is 6.20 Å². The van der Waals surface area contributed by atoms with Crippen molar-refractivity contribution in [1.29, 1.82) is 0 Å². The maximum absolute atomic E-state index is 13.4. The molecule has 0 saturated carbocycles. The number of para-hydroxylation sites is 2. The van der Waals surface area contributed by atoms with Crippen LogP contribution in [0.1, 0.15) is 16.7 Å². The monoisotopic (exact) mass is 508 g/mol. The van der Waals surface area contributed by atoms with Gasteiger partial charge >= 0.3 is 11.7 Å². The second-order valence-corrected chi connectivity index (χ2v) is 8.85. The van der Waals surface area contributed by atoms with Crippen LogP contribution in [0.25, 0.3) is 11.3 Å². The van der Waals surface area contributed by atoms with Gasteiger partial charge in [0.05, 0.1) is 11.3 Å². The summed E-state index contributed by atoms with van der Waals surface area (Å²) in [6.07, 6.45) is -1.52. The number of aromatic nitrogens is 4. The summed E-state index contributed by atoms with van der Waals surface area (Å²) in [5.41, 5.74) is -0.309. The average Bonchev–Trinajstić information content (AvgIpc) is 3.28. The Balaban J connectivity index is 1.43. The number of hydrogen-bond acceptors (Lipinski definition) is 5. The van der Waals surface area contributed by atoms with Crippen LogP contribution in [-0.4, -0.2) is 19.2 Å². The minimum absolute atomic E-state index is 0.0191. The molecule has 2 aromatic heterocycles. The summed E-state index contributed by atoms with van der Waals surface area (Å²) in [6, 6.07) is 20.8. The Labute approximate surface area is 208 Å². The number of thioether (sulfide) groups is 1. The van der Waals surface area contributed by atoms with Crippen LogP contribution in [0.3, 0.4) is 0 Å². The van der Waals surface area contributed by atoms with E-state index in [2.05, 4.69) is 10.2 Å². The molecule has 0 aliphatic rings. The van der Waals surface area contributed by atoms with Crippen LogP contribution < -0.4 is 10.3 Å². The Morgan fingerprint density at radius 2 is 1.67 bits per heavy atom. The normalized spacial score (nSPS) is 11.7. The number of rotatable bonds is 6. The van der Waals surface area contributed by atoms with Gasteiger partial charge in [0.15, 0.2) is 5.16 Å². The molecule has 0 spiro atoms. The molecule has 6 nitrogen and oxygen atoms in total. The SMILES string of the molecule is Cc1c(-n2ccn3c(SCc4ccccc4Oc4ccccc4)nnc3c2=O)cccc1C(F)(F)F. The van der Waals surface area contributed by atoms with Crippen molar-refractivity contribution in [3.63, 3.8) is 0 Å². The summed E-state index contributed by atoms with van der Waals surface area (Å²) in [4.78, 5) is 13.1. The zero-order valence-electron chi connectivity index (χ0n) is 18.9. The number of ether oxygens (including phenoxy) is 1. The molecular weight excluding hydrogens is 489 g/mol. The minimum Gasteiger partial charge on any atom is -0.457 e. The lowest BCUT2D eigenvalue weighted by molar-refractivity contribution is -0.138. The molecule has 5 aromatic rings. The predicted octanol–water partition coefficient (Wildman–Crippen LogP) is 6.29. The molecule has 3 aromatic carbocycles. The van der Waals surface area contributed by atoms with Crippen molar-refractivity contribution in [2.24, 2.45) is 0 Å². The van der Waals surface area contributed by atoms with Crippen LogP contribution in [0.15, 0.2) is 95.1 Å². The van der Waals surface area contributed by atoms with Gasteiger partial charge in [-0.25, -0.2) is 0 Å². The topological polar surface area (TPSA) is 61.4 Å². The Morgan fingerprint density at radius 1 is 0.917 bits per heavy atom. The summed E-state index contributed by atoms with van der Waals surface area (Å²) in [5, 5.41) is 8.63. The number of nitrogens with zero attached hydrogens (tertiary/aromatic N) is 4. The van der Waals surface area contributed by atoms with E-state index in [0.717, 1.165) is 16.2 Å². The first-order valence-corrected chi connectivity index (χ1v) is 11.9. The van der Waals surface area contributed by atoms with Gasteiger partial charge in [-0.1, -0.05) is 54.2 Å². The molecule has 182 valence electrons. The van der Waals surface area contributed by atoms with Crippen molar-refractivity contribution < 1.29 is 17.9 Å². The molecule has 0 aliphatic heterocycles. The highest BCUT2D eigenvalue weighted by atomic mass is 32.2. The highest BCUT2D eigenvalue weighted by molar-refractivity contribution is 7.98. The molecule has 10 heteroatoms. The third kappa shape index (κ3) is 4.59. The lowest BCUT2D eigenvalue weighted by Gasteiger charge is -2.15. The van der Waals surface area contributed by atoms with Crippen LogP contribution in [0, 0.1) is 6.92 Å². The van der Waals surface area contributed by atoms with Crippen molar-refractivity contribution in [2.45, 2.75) is 24.0 Å². The number of hydrogen-bond donors (Lipinski definition) is 0. The first-order valence-electron chi connectivity index (χ1n) is 10.9. The van der Waals surface area contributed by atoms with Gasteiger partial charge in [0.1, 0.15) is 11.5 Å². The molecular formula is C26H19F3N4O2S. The molecule has 0 fully saturated rings. The lowest BCUT2D eigenvalue weighted by Crippen LogP contribution is -2.22. The van der Waals surface area contributed by atoms with Gasteiger partial charge in [0, 0.05) is 23.7 Å². The van der Waals surface area contributed by atoms with E-state index in [1.165, 1.54) is 41.4 Å². The highest BCUT2D eigenvalue weighted by Crippen LogP contribution is 2.34. The fourth-order valence-corrected chi connectivity index (χ4v) is 4.73. The standard InChI is InChI=1S/C26H19F3N4O2S/c1-17-20(26(27,28)29)11-7-12-21(17)32-14-15-33-23(24(32)34)30-31-25(33)36-16-18-8-5-6-13-22(18)35-19-9-3-2-4-10-19/h2-15H,16H2,1H3. The second-order valence-electron chi connectivity index (χ2n) is 7.91. The Hall–Kier alpha value is -4.05. The molecule has 36 heavy (non-hydrogen) atoms. The van der Waals surface area contributed by atoms with Gasteiger partial charge in [-0.05, 0) is 42.8 Å². The molecule has 0 unspecified atom stereocenters. The quantitative estimate of drug-likeness (QED) is 0.252. The van der Waals surface area contributed by atoms with E-state index in [4.69, 9.17) is 4.74 Å². The smallest absolute Gasteiger partial charge is 0.416 e. The summed E-state index contributed by atoms with van der Waals surface area (Å²) < 4.78 is 48.8. The molecule has 0 saturated heterocycles. The Morgan fingerprint density at radius 3 is 2.44 bits per heavy atom. The van der Waals surface area contributed by atoms with Gasteiger partial charge in [-0.3, -0.25) is 13.8 Å². The zero-order chi connectivity index (χ0) is 25.3. The van der Waals surface area contributed by atoms with E-state index in [9.17, 15) is 18.0 Å². The first-order chi connectivity index (χ1) is 17.3. The van der Waals surface area contributed by atoms with E-state index in [-0.39, 0.29) is 16.9 Å². The fourth-order valence-electron chi connectivity index (χ4n) is 3.83. The van der Waals surface area contributed by atoms with Crippen LogP contribution in [0.2, 0.25) is 0 Å². The van der Waals surface area contributed by atoms with E-state index in [0.29, 0.717) is 22.4 Å². The number of alkyl halides is 3. The predicted molar refractivity (Wildman–Crippen MR) is 131 cm³/mol. The molecule has 2 heterocycles. The molecule has 0 bridgehead atoms. The fraction of sp³-hybridized carbons (Fsp3) is 0.115. The van der Waals surface area contributed by atoms with Crippen molar-refractivity contribution in [3.8, 4) is 17.2 Å². The summed E-state index contributed by atoms with van der Waals surface area (Å²) in [5.74, 6) is 1.92. The summed E-state index contributed by atoms with van der Waals surface area (Å²) >= 11 is 1.37. The molecule has 5 rings (SSSR count). The van der Waals surface area contributed by atoms with Crippen LogP contribution >= 0.6 is 11.8 Å². The zero-order valence-corrected chi connectivity index (χ0v) is 19.8. The third-order valence-corrected chi connectivity index (χ3v) is 6.60. The molecule has 0 atom stereocenters. The number of fused-ring (bicyclic) bond motifs is 1. The van der Waals surface area contributed by atoms with Crippen molar-refractivity contribution >= 4 is 17.4 Å². The van der Waals surface area contributed by atoms with E-state index >= 15 is 0 Å². The van der Waals surface area contributed by atoms with Gasteiger partial charge < -0.3 is 4.74 Å². The Bertz CT molecular complexity index is 1600. The van der Waals surface area contributed by atoms with Gasteiger partial charge in [-0.2, -0.15) is 13.2 Å². The first kappa shape index (κ1) is 23.7. The number of halogens is 3. The van der Waals surface area contributed by atoms with Crippen molar-refractivity contribution in [2.75, 3.05) is 0 Å². The van der Waals surface area contributed by atoms with Gasteiger partial charge in [0.25, 0.3) is 0 Å². The largest absolute Gasteiger partial charge is 0.457 e. The summed E-state index contributed by atoms with van der Waals surface area (Å²) in [7, 11) is 0.